The highest BCUT2D eigenvalue weighted by molar-refractivity contribution is 6.00. The van der Waals surface area contributed by atoms with Crippen LogP contribution in [-0.2, 0) is 20.6 Å². The van der Waals surface area contributed by atoms with Crippen LogP contribution in [0.4, 0.5) is 5.82 Å². The lowest BCUT2D eigenvalue weighted by atomic mass is 10.0. The number of nitrogens with zero attached hydrogens (tertiary/aromatic N) is 5. The molecule has 0 aliphatic heterocycles. The summed E-state index contributed by atoms with van der Waals surface area (Å²) in [5.74, 6) is 8.21. The molecule has 9 heteroatoms. The number of hydrogen-bond donors (Lipinski definition) is 2. The normalized spacial score (nSPS) is 10.6. The number of hydrogen-bond acceptors (Lipinski definition) is 5. The number of amides is 1. The fraction of sp³-hybridized carbons (Fsp3) is 0.103. The summed E-state index contributed by atoms with van der Waals surface area (Å²) < 4.78 is 4.63. The quantitative estimate of drug-likeness (QED) is 0.367. The molecule has 0 bridgehead atoms. The van der Waals surface area contributed by atoms with E-state index in [4.69, 9.17) is 12.2 Å². The van der Waals surface area contributed by atoms with E-state index in [0.29, 0.717) is 27.7 Å². The van der Waals surface area contributed by atoms with Crippen LogP contribution in [0.2, 0.25) is 0 Å². The lowest BCUT2D eigenvalue weighted by molar-refractivity contribution is 0.0950. The molecule has 0 fully saturated rings. The average Bonchev–Trinajstić information content (AvgIpc) is 3.46. The highest BCUT2D eigenvalue weighted by Crippen LogP contribution is 2.20. The van der Waals surface area contributed by atoms with E-state index in [1.54, 1.807) is 22.5 Å². The van der Waals surface area contributed by atoms with Crippen molar-refractivity contribution in [2.75, 3.05) is 5.73 Å². The summed E-state index contributed by atoms with van der Waals surface area (Å²) in [6.45, 7) is 0.0445. The number of nitrogens with one attached hydrogen (secondary N) is 1. The van der Waals surface area contributed by atoms with Gasteiger partial charge in [0.15, 0.2) is 5.82 Å². The number of carbonyl (C=O) groups is 1. The van der Waals surface area contributed by atoms with Gasteiger partial charge in [0.25, 0.3) is 11.5 Å². The van der Waals surface area contributed by atoms with Crippen molar-refractivity contribution >= 4 is 22.5 Å². The van der Waals surface area contributed by atoms with E-state index in [1.807, 2.05) is 67.8 Å². The number of rotatable bonds is 4. The summed E-state index contributed by atoms with van der Waals surface area (Å²) in [5.41, 5.74) is 8.65. The van der Waals surface area contributed by atoms with Crippen LogP contribution >= 0.6 is 0 Å². The van der Waals surface area contributed by atoms with Gasteiger partial charge in [-0.05, 0) is 35.6 Å². The molecule has 2 aromatic carbocycles. The smallest absolute Gasteiger partial charge is 0.264 e. The first-order chi connectivity index (χ1) is 18.4. The van der Waals surface area contributed by atoms with Crippen LogP contribution in [0, 0.1) is 24.2 Å². The van der Waals surface area contributed by atoms with E-state index in [1.165, 1.54) is 4.68 Å². The van der Waals surface area contributed by atoms with Gasteiger partial charge in [0.2, 0.25) is 0 Å². The molecule has 0 aliphatic rings. The van der Waals surface area contributed by atoms with Gasteiger partial charge in [-0.25, -0.2) is 0 Å². The Morgan fingerprint density at radius 2 is 1.89 bits per heavy atom. The maximum Gasteiger partial charge on any atom is 0.264 e. The number of nitrogens with two attached hydrogens (primary N) is 1. The highest BCUT2D eigenvalue weighted by atomic mass is 16.2. The summed E-state index contributed by atoms with van der Waals surface area (Å²) >= 11 is 0. The van der Waals surface area contributed by atoms with Crippen molar-refractivity contribution in [2.24, 2.45) is 14.1 Å². The number of para-hydroxylation sites is 1. The third-order valence-corrected chi connectivity index (χ3v) is 6.05. The molecule has 0 atom stereocenters. The molecule has 3 N–H and O–H groups in total. The van der Waals surface area contributed by atoms with Gasteiger partial charge >= 0.3 is 0 Å². The van der Waals surface area contributed by atoms with Crippen LogP contribution < -0.4 is 16.6 Å². The number of aryl methyl sites for hydroxylation is 2. The molecule has 9 nitrogen and oxygen atoms in total. The van der Waals surface area contributed by atoms with E-state index in [0.717, 1.165) is 5.56 Å². The monoisotopic (exact) mass is 501 g/mol. The van der Waals surface area contributed by atoms with Crippen LogP contribution in [-0.4, -0.2) is 30.0 Å². The van der Waals surface area contributed by atoms with Crippen LogP contribution in [0.5, 0.6) is 0 Å². The molecule has 5 aromatic rings. The maximum absolute atomic E-state index is 14.0. The third kappa shape index (κ3) is 4.41. The summed E-state index contributed by atoms with van der Waals surface area (Å²) in [6.07, 6.45) is 9.04. The van der Waals surface area contributed by atoms with Crippen molar-refractivity contribution in [3.05, 3.63) is 105 Å². The summed E-state index contributed by atoms with van der Waals surface area (Å²) in [6, 6.07) is 16.6. The topological polar surface area (TPSA) is 113 Å². The first kappa shape index (κ1) is 24.2. The zero-order chi connectivity index (χ0) is 26.8. The molecule has 5 rings (SSSR count). The van der Waals surface area contributed by atoms with E-state index >= 15 is 0 Å². The molecule has 0 aliphatic carbocycles. The molecule has 0 radical (unpaired) electrons. The fourth-order valence-corrected chi connectivity index (χ4v) is 4.33. The molecule has 0 spiro atoms. The number of fused-ring (bicyclic) bond motifs is 1. The van der Waals surface area contributed by atoms with E-state index in [2.05, 4.69) is 33.3 Å². The Morgan fingerprint density at radius 3 is 2.61 bits per heavy atom. The summed E-state index contributed by atoms with van der Waals surface area (Å²) in [5, 5.41) is 12.2. The molecular weight excluding hydrogens is 478 g/mol. The van der Waals surface area contributed by atoms with Crippen LogP contribution in [0.25, 0.3) is 16.5 Å². The Kier molecular flexibility index (Phi) is 6.26. The van der Waals surface area contributed by atoms with Gasteiger partial charge in [0.05, 0.1) is 23.7 Å². The number of carbonyl (C=O) groups excluding carboxylic acids is 1. The second-order valence-electron chi connectivity index (χ2n) is 8.59. The number of benzene rings is 2. The first-order valence-electron chi connectivity index (χ1n) is 11.7. The zero-order valence-corrected chi connectivity index (χ0v) is 20.8. The van der Waals surface area contributed by atoms with Gasteiger partial charge in [0, 0.05) is 37.2 Å². The highest BCUT2D eigenvalue weighted by Gasteiger charge is 2.21. The Bertz CT molecular complexity index is 1860. The number of anilines is 1. The van der Waals surface area contributed by atoms with E-state index < -0.39 is 5.91 Å². The van der Waals surface area contributed by atoms with Gasteiger partial charge < -0.3 is 11.1 Å². The number of pyridine rings is 1. The van der Waals surface area contributed by atoms with Crippen LogP contribution in [0.15, 0.2) is 71.8 Å². The minimum Gasteiger partial charge on any atom is -0.382 e. The molecular formula is C29H23N7O2. The van der Waals surface area contributed by atoms with Gasteiger partial charge in [0.1, 0.15) is 11.3 Å². The molecule has 186 valence electrons. The van der Waals surface area contributed by atoms with Crippen LogP contribution in [0.3, 0.4) is 0 Å². The second-order valence-corrected chi connectivity index (χ2v) is 8.59. The molecule has 38 heavy (non-hydrogen) atoms. The third-order valence-electron chi connectivity index (χ3n) is 6.05. The van der Waals surface area contributed by atoms with Crippen LogP contribution in [0.1, 0.15) is 32.9 Å². The minimum absolute atomic E-state index is 0.0359. The Labute approximate surface area is 218 Å². The van der Waals surface area contributed by atoms with Crippen molar-refractivity contribution in [1.82, 2.24) is 29.4 Å². The Morgan fingerprint density at radius 1 is 1.11 bits per heavy atom. The summed E-state index contributed by atoms with van der Waals surface area (Å²) in [7, 11) is 3.44. The van der Waals surface area contributed by atoms with Gasteiger partial charge in [-0.15, -0.1) is 6.42 Å². The number of terminal acetylenes is 1. The number of aromatic nitrogens is 5. The predicted octanol–water partition coefficient (Wildman–Crippen LogP) is 2.35. The predicted molar refractivity (Wildman–Crippen MR) is 145 cm³/mol. The average molecular weight is 502 g/mol. The van der Waals surface area contributed by atoms with E-state index in [9.17, 15) is 9.59 Å². The van der Waals surface area contributed by atoms with E-state index in [-0.39, 0.29) is 29.2 Å². The zero-order valence-electron chi connectivity index (χ0n) is 20.8. The van der Waals surface area contributed by atoms with Gasteiger partial charge in [-0.1, -0.05) is 42.2 Å². The van der Waals surface area contributed by atoms with Crippen molar-refractivity contribution in [2.45, 2.75) is 6.54 Å². The first-order valence-corrected chi connectivity index (χ1v) is 11.7. The Balaban J connectivity index is 1.61. The van der Waals surface area contributed by atoms with Crippen molar-refractivity contribution in [3.63, 3.8) is 0 Å². The molecule has 0 unspecified atom stereocenters. The summed E-state index contributed by atoms with van der Waals surface area (Å²) in [4.78, 5) is 27.0. The van der Waals surface area contributed by atoms with Crippen molar-refractivity contribution in [3.8, 4) is 29.9 Å². The Hall–Kier alpha value is -5.54. The molecule has 3 heterocycles. The lowest BCUT2D eigenvalue weighted by Crippen LogP contribution is -2.29. The maximum atomic E-state index is 14.0. The van der Waals surface area contributed by atoms with Crippen molar-refractivity contribution in [1.29, 1.82) is 0 Å². The number of nitrogen functional groups attached to an aromatic ring is 1. The fourth-order valence-electron chi connectivity index (χ4n) is 4.33. The molecule has 3 aromatic heterocycles. The second kappa shape index (κ2) is 9.84. The molecule has 0 saturated carbocycles. The minimum atomic E-state index is -0.480. The van der Waals surface area contributed by atoms with Gasteiger partial charge in [-0.3, -0.25) is 23.5 Å². The molecule has 1 amide bonds. The van der Waals surface area contributed by atoms with Crippen molar-refractivity contribution < 1.29 is 4.79 Å². The SMILES string of the molecule is C#Cc1c(C(=O)NCc2cc3cccc(C#Cc4cnn(C)c4)c3c(=O)n2-c2ccccc2)c(N)nn1C. The van der Waals surface area contributed by atoms with Gasteiger partial charge in [-0.2, -0.15) is 10.2 Å². The molecule has 0 saturated heterocycles. The lowest BCUT2D eigenvalue weighted by Gasteiger charge is -2.16. The largest absolute Gasteiger partial charge is 0.382 e. The standard InChI is InChI=1S/C29H23N7O2/c1-4-24-26(27(30)33-35(24)3)28(37)31-17-23-15-21-10-8-9-20(14-13-19-16-32-34(2)18-19)25(21)29(38)36(23)22-11-6-5-7-12-22/h1,5-12,15-16,18H,17H2,2-3H3,(H2,30,33)(H,31,37).